The summed E-state index contributed by atoms with van der Waals surface area (Å²) in [6.45, 7) is 0. The quantitative estimate of drug-likeness (QED) is 0.677. The number of halogens is 4. The Morgan fingerprint density at radius 3 is 1.17 bits per heavy atom. The molecule has 0 radical (unpaired) electrons. The van der Waals surface area contributed by atoms with E-state index in [2.05, 4.69) is 0 Å². The van der Waals surface area contributed by atoms with E-state index < -0.39 is 12.3 Å². The first-order valence-electron chi connectivity index (χ1n) is 5.37. The van der Waals surface area contributed by atoms with Crippen LogP contribution in [0, 0.1) is 0 Å². The fourth-order valence-electron chi connectivity index (χ4n) is 1.63. The third-order valence-electron chi connectivity index (χ3n) is 2.63. The zero-order chi connectivity index (χ0) is 13.1. The zero-order valence-corrected chi connectivity index (χ0v) is 10.8. The Hall–Kier alpha value is -1.12. The van der Waals surface area contributed by atoms with Gasteiger partial charge in [0.15, 0.2) is 12.3 Å². The molecule has 0 aromatic heterocycles. The topological polar surface area (TPSA) is 0 Å². The van der Waals surface area contributed by atoms with Gasteiger partial charge >= 0.3 is 0 Å². The maximum absolute atomic E-state index is 14.0. The number of hydrogen-bond donors (Lipinski definition) is 0. The highest BCUT2D eigenvalue weighted by atomic mass is 35.5. The molecule has 0 amide bonds. The maximum Gasteiger partial charge on any atom is 0.160 e. The van der Waals surface area contributed by atoms with Gasteiger partial charge in [-0.25, -0.2) is 8.78 Å². The molecule has 94 valence electrons. The SMILES string of the molecule is FC(c1ccc(Cl)cc1)C(F)c1ccc(Cl)cc1. The summed E-state index contributed by atoms with van der Waals surface area (Å²) in [5.74, 6) is 0. The molecular weight excluding hydrogens is 277 g/mol. The summed E-state index contributed by atoms with van der Waals surface area (Å²) in [6.07, 6.45) is -3.44. The van der Waals surface area contributed by atoms with Crippen molar-refractivity contribution in [1.29, 1.82) is 0 Å². The van der Waals surface area contributed by atoms with Gasteiger partial charge in [-0.05, 0) is 35.4 Å². The lowest BCUT2D eigenvalue weighted by molar-refractivity contribution is 0.170. The zero-order valence-electron chi connectivity index (χ0n) is 9.29. The van der Waals surface area contributed by atoms with Crippen molar-refractivity contribution in [3.8, 4) is 0 Å². The standard InChI is InChI=1S/C14H10Cl2F2/c15-11-5-1-9(2-6-11)13(17)14(18)10-3-7-12(16)8-4-10/h1-8,13-14H. The lowest BCUT2D eigenvalue weighted by atomic mass is 10.0. The number of benzene rings is 2. The lowest BCUT2D eigenvalue weighted by Gasteiger charge is -2.14. The monoisotopic (exact) mass is 286 g/mol. The number of rotatable bonds is 3. The normalized spacial score (nSPS) is 14.2. The molecule has 0 bridgehead atoms. The average molecular weight is 287 g/mol. The van der Waals surface area contributed by atoms with Crippen molar-refractivity contribution in [2.75, 3.05) is 0 Å². The fraction of sp³-hybridized carbons (Fsp3) is 0.143. The average Bonchev–Trinajstić information content (AvgIpc) is 2.39. The molecule has 18 heavy (non-hydrogen) atoms. The van der Waals surface area contributed by atoms with E-state index in [-0.39, 0.29) is 11.1 Å². The maximum atomic E-state index is 14.0. The van der Waals surface area contributed by atoms with Gasteiger partial charge in [0.2, 0.25) is 0 Å². The van der Waals surface area contributed by atoms with E-state index in [1.54, 1.807) is 0 Å². The van der Waals surface area contributed by atoms with Crippen LogP contribution in [-0.4, -0.2) is 0 Å². The Morgan fingerprint density at radius 2 is 0.889 bits per heavy atom. The van der Waals surface area contributed by atoms with Gasteiger partial charge in [-0.15, -0.1) is 0 Å². The molecular formula is C14H10Cl2F2. The highest BCUT2D eigenvalue weighted by Gasteiger charge is 2.23. The minimum atomic E-state index is -1.72. The van der Waals surface area contributed by atoms with Crippen LogP contribution in [0.5, 0.6) is 0 Å². The summed E-state index contributed by atoms with van der Waals surface area (Å²) in [5.41, 5.74) is 0.531. The summed E-state index contributed by atoms with van der Waals surface area (Å²) < 4.78 is 28.0. The summed E-state index contributed by atoms with van der Waals surface area (Å²) in [4.78, 5) is 0. The van der Waals surface area contributed by atoms with Gasteiger partial charge in [-0.2, -0.15) is 0 Å². The first-order chi connectivity index (χ1) is 8.58. The molecule has 2 aromatic carbocycles. The predicted octanol–water partition coefficient (Wildman–Crippen LogP) is 5.71. The minimum Gasteiger partial charge on any atom is -0.239 e. The first kappa shape index (κ1) is 13.3. The Morgan fingerprint density at radius 1 is 0.611 bits per heavy atom. The molecule has 2 atom stereocenters. The van der Waals surface area contributed by atoms with Crippen LogP contribution in [0.3, 0.4) is 0 Å². The van der Waals surface area contributed by atoms with Crippen LogP contribution in [-0.2, 0) is 0 Å². The van der Waals surface area contributed by atoms with Gasteiger partial charge in [-0.1, -0.05) is 47.5 Å². The van der Waals surface area contributed by atoms with E-state index in [9.17, 15) is 8.78 Å². The van der Waals surface area contributed by atoms with Crippen LogP contribution in [0.1, 0.15) is 23.5 Å². The van der Waals surface area contributed by atoms with Gasteiger partial charge in [-0.3, -0.25) is 0 Å². The molecule has 2 aromatic rings. The van der Waals surface area contributed by atoms with Crippen molar-refractivity contribution in [3.63, 3.8) is 0 Å². The van der Waals surface area contributed by atoms with Gasteiger partial charge in [0.05, 0.1) is 0 Å². The van der Waals surface area contributed by atoms with Crippen LogP contribution >= 0.6 is 23.2 Å². The number of alkyl halides is 2. The summed E-state index contributed by atoms with van der Waals surface area (Å²) in [7, 11) is 0. The number of hydrogen-bond acceptors (Lipinski definition) is 0. The molecule has 0 spiro atoms. The highest BCUT2D eigenvalue weighted by molar-refractivity contribution is 6.30. The van der Waals surface area contributed by atoms with Gasteiger partial charge in [0, 0.05) is 10.0 Å². The van der Waals surface area contributed by atoms with Crippen molar-refractivity contribution in [3.05, 3.63) is 69.7 Å². The summed E-state index contributed by atoms with van der Waals surface area (Å²) in [6, 6.07) is 12.1. The summed E-state index contributed by atoms with van der Waals surface area (Å²) >= 11 is 11.4. The third-order valence-corrected chi connectivity index (χ3v) is 3.14. The van der Waals surface area contributed by atoms with E-state index in [0.29, 0.717) is 10.0 Å². The molecule has 4 heteroatoms. The van der Waals surface area contributed by atoms with Crippen LogP contribution in [0.25, 0.3) is 0 Å². The molecule has 0 nitrogen and oxygen atoms in total. The molecule has 0 saturated heterocycles. The van der Waals surface area contributed by atoms with Gasteiger partial charge < -0.3 is 0 Å². The molecule has 0 N–H and O–H groups in total. The van der Waals surface area contributed by atoms with Gasteiger partial charge in [0.1, 0.15) is 0 Å². The first-order valence-corrected chi connectivity index (χ1v) is 6.12. The van der Waals surface area contributed by atoms with Crippen molar-refractivity contribution in [2.24, 2.45) is 0 Å². The molecule has 0 aliphatic heterocycles. The molecule has 0 aliphatic carbocycles. The Balaban J connectivity index is 2.20. The fourth-order valence-corrected chi connectivity index (χ4v) is 1.88. The van der Waals surface area contributed by atoms with Crippen LogP contribution in [0.4, 0.5) is 8.78 Å². The second-order valence-electron chi connectivity index (χ2n) is 3.91. The van der Waals surface area contributed by atoms with E-state index >= 15 is 0 Å². The summed E-state index contributed by atoms with van der Waals surface area (Å²) in [5, 5.41) is 0.987. The van der Waals surface area contributed by atoms with Crippen molar-refractivity contribution >= 4 is 23.2 Å². The van der Waals surface area contributed by atoms with Crippen LogP contribution in [0.15, 0.2) is 48.5 Å². The minimum absolute atomic E-state index is 0.266. The van der Waals surface area contributed by atoms with Crippen molar-refractivity contribution in [1.82, 2.24) is 0 Å². The Bertz CT molecular complexity index is 459. The Labute approximate surface area is 114 Å². The van der Waals surface area contributed by atoms with Crippen molar-refractivity contribution in [2.45, 2.75) is 12.3 Å². The van der Waals surface area contributed by atoms with Crippen LogP contribution in [0.2, 0.25) is 10.0 Å². The second-order valence-corrected chi connectivity index (χ2v) is 4.78. The molecule has 0 saturated carbocycles. The van der Waals surface area contributed by atoms with Crippen LogP contribution < -0.4 is 0 Å². The lowest BCUT2D eigenvalue weighted by Crippen LogP contribution is -2.02. The molecule has 0 fully saturated rings. The Kier molecular flexibility index (Phi) is 4.20. The second kappa shape index (κ2) is 5.68. The molecule has 2 rings (SSSR count). The van der Waals surface area contributed by atoms with E-state index in [0.717, 1.165) is 0 Å². The highest BCUT2D eigenvalue weighted by Crippen LogP contribution is 2.36. The van der Waals surface area contributed by atoms with E-state index in [1.807, 2.05) is 0 Å². The third kappa shape index (κ3) is 3.01. The largest absolute Gasteiger partial charge is 0.239 e. The smallest absolute Gasteiger partial charge is 0.160 e. The molecule has 0 heterocycles. The molecule has 0 aliphatic rings. The van der Waals surface area contributed by atoms with E-state index in [4.69, 9.17) is 23.2 Å². The van der Waals surface area contributed by atoms with E-state index in [1.165, 1.54) is 48.5 Å². The van der Waals surface area contributed by atoms with Crippen molar-refractivity contribution < 1.29 is 8.78 Å². The van der Waals surface area contributed by atoms with Gasteiger partial charge in [0.25, 0.3) is 0 Å². The predicted molar refractivity (Wildman–Crippen MR) is 70.6 cm³/mol. The molecule has 2 unspecified atom stereocenters.